The number of pyridine rings is 1. The van der Waals surface area contributed by atoms with Crippen LogP contribution in [0.5, 0.6) is 0 Å². The summed E-state index contributed by atoms with van der Waals surface area (Å²) < 4.78 is 5.34. The van der Waals surface area contributed by atoms with Gasteiger partial charge >= 0.3 is 0 Å². The van der Waals surface area contributed by atoms with Crippen molar-refractivity contribution < 1.29 is 4.74 Å². The standard InChI is InChI=1S/C14H18N2O/c1-3-17-9-13(15)11-6-7-14-12(8-11)5-4-10(2)16-14/h4-8,13H,3,9,15H2,1-2H3. The topological polar surface area (TPSA) is 48.1 Å². The fraction of sp³-hybridized carbons (Fsp3) is 0.357. The molecule has 0 aliphatic rings. The first-order chi connectivity index (χ1) is 8.20. The highest BCUT2D eigenvalue weighted by atomic mass is 16.5. The van der Waals surface area contributed by atoms with Crippen LogP contribution in [0.2, 0.25) is 0 Å². The van der Waals surface area contributed by atoms with Crippen molar-refractivity contribution in [2.24, 2.45) is 5.73 Å². The molecule has 2 aromatic rings. The third-order valence-electron chi connectivity index (χ3n) is 2.78. The SMILES string of the molecule is CCOCC(N)c1ccc2nc(C)ccc2c1. The second-order valence-electron chi connectivity index (χ2n) is 4.17. The summed E-state index contributed by atoms with van der Waals surface area (Å²) in [5.41, 5.74) is 9.19. The average molecular weight is 230 g/mol. The Bertz CT molecular complexity index is 511. The van der Waals surface area contributed by atoms with E-state index < -0.39 is 0 Å². The summed E-state index contributed by atoms with van der Waals surface area (Å²) in [6.45, 7) is 5.22. The molecule has 0 aliphatic carbocycles. The maximum atomic E-state index is 6.06. The Morgan fingerprint density at radius 2 is 2.12 bits per heavy atom. The fourth-order valence-electron chi connectivity index (χ4n) is 1.82. The van der Waals surface area contributed by atoms with Crippen molar-refractivity contribution in [2.45, 2.75) is 19.9 Å². The van der Waals surface area contributed by atoms with Crippen LogP contribution in [0.4, 0.5) is 0 Å². The number of ether oxygens (including phenoxy) is 1. The van der Waals surface area contributed by atoms with Crippen LogP contribution in [0.15, 0.2) is 30.3 Å². The highest BCUT2D eigenvalue weighted by molar-refractivity contribution is 5.79. The lowest BCUT2D eigenvalue weighted by Gasteiger charge is -2.12. The molecule has 2 N–H and O–H groups in total. The largest absolute Gasteiger partial charge is 0.380 e. The molecule has 1 aromatic carbocycles. The van der Waals surface area contributed by atoms with Gasteiger partial charge in [-0.25, -0.2) is 0 Å². The van der Waals surface area contributed by atoms with E-state index in [0.29, 0.717) is 13.2 Å². The van der Waals surface area contributed by atoms with Crippen molar-refractivity contribution in [1.82, 2.24) is 4.98 Å². The van der Waals surface area contributed by atoms with Crippen LogP contribution in [-0.4, -0.2) is 18.2 Å². The van der Waals surface area contributed by atoms with Gasteiger partial charge in [-0.1, -0.05) is 12.1 Å². The van der Waals surface area contributed by atoms with Crippen molar-refractivity contribution in [3.8, 4) is 0 Å². The molecule has 1 aromatic heterocycles. The number of aromatic nitrogens is 1. The maximum Gasteiger partial charge on any atom is 0.0705 e. The first-order valence-electron chi connectivity index (χ1n) is 5.91. The van der Waals surface area contributed by atoms with Crippen molar-refractivity contribution >= 4 is 10.9 Å². The zero-order valence-corrected chi connectivity index (χ0v) is 10.3. The zero-order valence-electron chi connectivity index (χ0n) is 10.3. The van der Waals surface area contributed by atoms with Gasteiger partial charge in [0.15, 0.2) is 0 Å². The molecule has 0 radical (unpaired) electrons. The molecule has 2 rings (SSSR count). The minimum atomic E-state index is -0.0688. The van der Waals surface area contributed by atoms with Crippen molar-refractivity contribution in [1.29, 1.82) is 0 Å². The molecule has 0 amide bonds. The molecule has 1 unspecified atom stereocenters. The van der Waals surface area contributed by atoms with E-state index in [-0.39, 0.29) is 6.04 Å². The Morgan fingerprint density at radius 3 is 2.88 bits per heavy atom. The van der Waals surface area contributed by atoms with Crippen LogP contribution in [0, 0.1) is 6.92 Å². The third-order valence-corrected chi connectivity index (χ3v) is 2.78. The number of aryl methyl sites for hydroxylation is 1. The summed E-state index contributed by atoms with van der Waals surface area (Å²) >= 11 is 0. The number of rotatable bonds is 4. The molecule has 3 heteroatoms. The first-order valence-corrected chi connectivity index (χ1v) is 5.91. The van der Waals surface area contributed by atoms with Crippen LogP contribution in [0.3, 0.4) is 0 Å². The smallest absolute Gasteiger partial charge is 0.0705 e. The fourth-order valence-corrected chi connectivity index (χ4v) is 1.82. The lowest BCUT2D eigenvalue weighted by Crippen LogP contribution is -2.17. The lowest BCUT2D eigenvalue weighted by atomic mass is 10.1. The number of benzene rings is 1. The molecular weight excluding hydrogens is 212 g/mol. The van der Waals surface area contributed by atoms with Gasteiger partial charge in [0.2, 0.25) is 0 Å². The molecule has 0 fully saturated rings. The monoisotopic (exact) mass is 230 g/mol. The molecule has 3 nitrogen and oxygen atoms in total. The van der Waals surface area contributed by atoms with Crippen LogP contribution < -0.4 is 5.73 Å². The van der Waals surface area contributed by atoms with E-state index in [9.17, 15) is 0 Å². The van der Waals surface area contributed by atoms with Gasteiger partial charge in [-0.05, 0) is 37.6 Å². The van der Waals surface area contributed by atoms with Crippen molar-refractivity contribution in [3.05, 3.63) is 41.6 Å². The molecule has 17 heavy (non-hydrogen) atoms. The summed E-state index contributed by atoms with van der Waals surface area (Å²) in [6, 6.07) is 10.2. The van der Waals surface area contributed by atoms with E-state index in [0.717, 1.165) is 22.2 Å². The van der Waals surface area contributed by atoms with Crippen molar-refractivity contribution in [3.63, 3.8) is 0 Å². The van der Waals surface area contributed by atoms with Gasteiger partial charge in [-0.2, -0.15) is 0 Å². The molecule has 0 aliphatic heterocycles. The van der Waals surface area contributed by atoms with Gasteiger partial charge < -0.3 is 10.5 Å². The van der Waals surface area contributed by atoms with Gasteiger partial charge in [-0.3, -0.25) is 4.98 Å². The zero-order chi connectivity index (χ0) is 12.3. The van der Waals surface area contributed by atoms with Crippen LogP contribution >= 0.6 is 0 Å². The molecule has 1 atom stereocenters. The molecule has 1 heterocycles. The highest BCUT2D eigenvalue weighted by Crippen LogP contribution is 2.18. The number of fused-ring (bicyclic) bond motifs is 1. The van der Waals surface area contributed by atoms with Crippen LogP contribution in [0.1, 0.15) is 24.2 Å². The Morgan fingerprint density at radius 1 is 1.29 bits per heavy atom. The third kappa shape index (κ3) is 2.81. The van der Waals surface area contributed by atoms with E-state index in [2.05, 4.69) is 17.1 Å². The van der Waals surface area contributed by atoms with Gasteiger partial charge in [0.05, 0.1) is 18.2 Å². The second-order valence-corrected chi connectivity index (χ2v) is 4.17. The van der Waals surface area contributed by atoms with E-state index in [1.165, 1.54) is 0 Å². The van der Waals surface area contributed by atoms with Gasteiger partial charge in [0.1, 0.15) is 0 Å². The van der Waals surface area contributed by atoms with Gasteiger partial charge in [-0.15, -0.1) is 0 Å². The lowest BCUT2D eigenvalue weighted by molar-refractivity contribution is 0.133. The van der Waals surface area contributed by atoms with E-state index in [1.807, 2.05) is 32.0 Å². The van der Waals surface area contributed by atoms with Crippen LogP contribution in [0.25, 0.3) is 10.9 Å². The van der Waals surface area contributed by atoms with Gasteiger partial charge in [0.25, 0.3) is 0 Å². The Labute approximate surface area is 102 Å². The Balaban J connectivity index is 2.28. The maximum absolute atomic E-state index is 6.06. The molecule has 90 valence electrons. The number of hydrogen-bond donors (Lipinski definition) is 1. The van der Waals surface area contributed by atoms with Gasteiger partial charge in [0, 0.05) is 17.7 Å². The number of nitrogens with zero attached hydrogens (tertiary/aromatic N) is 1. The molecule has 0 saturated heterocycles. The highest BCUT2D eigenvalue weighted by Gasteiger charge is 2.06. The minimum absolute atomic E-state index is 0.0688. The van der Waals surface area contributed by atoms with Crippen LogP contribution in [-0.2, 0) is 4.74 Å². The van der Waals surface area contributed by atoms with E-state index in [1.54, 1.807) is 0 Å². The summed E-state index contributed by atoms with van der Waals surface area (Å²) in [6.07, 6.45) is 0. The Kier molecular flexibility index (Phi) is 3.71. The minimum Gasteiger partial charge on any atom is -0.380 e. The second kappa shape index (κ2) is 5.25. The summed E-state index contributed by atoms with van der Waals surface area (Å²) in [4.78, 5) is 4.47. The normalized spacial score (nSPS) is 12.9. The molecule has 0 saturated carbocycles. The first kappa shape index (κ1) is 12.0. The van der Waals surface area contributed by atoms with E-state index >= 15 is 0 Å². The van der Waals surface area contributed by atoms with Crippen molar-refractivity contribution in [2.75, 3.05) is 13.2 Å². The average Bonchev–Trinajstić information content (AvgIpc) is 2.35. The number of hydrogen-bond acceptors (Lipinski definition) is 3. The molecular formula is C14H18N2O. The summed E-state index contributed by atoms with van der Waals surface area (Å²) in [5, 5.41) is 1.13. The predicted molar refractivity (Wildman–Crippen MR) is 69.9 cm³/mol. The summed E-state index contributed by atoms with van der Waals surface area (Å²) in [7, 11) is 0. The molecule has 0 bridgehead atoms. The van der Waals surface area contributed by atoms with E-state index in [4.69, 9.17) is 10.5 Å². The summed E-state index contributed by atoms with van der Waals surface area (Å²) in [5.74, 6) is 0. The molecule has 0 spiro atoms. The quantitative estimate of drug-likeness (QED) is 0.878. The predicted octanol–water partition coefficient (Wildman–Crippen LogP) is 2.58. The Hall–Kier alpha value is -1.45. The number of nitrogens with two attached hydrogens (primary N) is 1.